The highest BCUT2D eigenvalue weighted by Gasteiger charge is 2.16. The summed E-state index contributed by atoms with van der Waals surface area (Å²) in [6.07, 6.45) is 38.6. The Morgan fingerprint density at radius 3 is 1.26 bits per heavy atom. The molecule has 77 heavy (non-hydrogen) atoms. The minimum absolute atomic E-state index is 0.0306. The first-order chi connectivity index (χ1) is 37.6. The van der Waals surface area contributed by atoms with Crippen molar-refractivity contribution in [2.75, 3.05) is 92.4 Å². The van der Waals surface area contributed by atoms with Gasteiger partial charge in [0.25, 0.3) is 0 Å². The lowest BCUT2D eigenvalue weighted by molar-refractivity contribution is -0.150. The van der Waals surface area contributed by atoms with Crippen LogP contribution in [0.5, 0.6) is 0 Å². The standard InChI is InChI=1S/C60H119N7O10/c1-5-8-11-14-17-18-19-25-35-48-76-56(69)39-30-26-34-47-67(46-33-24-20-23-29-40-57(70)77-55(37-27-21-15-12-9-6-2)38-28-22-16-13-10-7-3)53-54(68)36-31-32-41-62-59(72)64-43-50-75-52-45-66-60(73)65-44-51-74-49-42-63-58(71)61-4/h54-55,68H,5-53H2,1-4H3,(H2,61,63,71)(H2,62,64,72)(H2,65,66,73). The second kappa shape index (κ2) is 58.7. The van der Waals surface area contributed by atoms with Crippen molar-refractivity contribution in [3.8, 4) is 0 Å². The summed E-state index contributed by atoms with van der Waals surface area (Å²) in [5.74, 6) is -0.126. The molecule has 0 saturated heterocycles. The zero-order valence-corrected chi connectivity index (χ0v) is 49.9. The van der Waals surface area contributed by atoms with Crippen molar-refractivity contribution in [2.45, 2.75) is 264 Å². The van der Waals surface area contributed by atoms with Crippen molar-refractivity contribution in [2.24, 2.45) is 0 Å². The maximum Gasteiger partial charge on any atom is 0.314 e. The number of carbonyl (C=O) groups is 5. The quantitative estimate of drug-likeness (QED) is 0.0224. The van der Waals surface area contributed by atoms with Crippen molar-refractivity contribution in [3.63, 3.8) is 0 Å². The van der Waals surface area contributed by atoms with Crippen molar-refractivity contribution in [3.05, 3.63) is 0 Å². The smallest absolute Gasteiger partial charge is 0.314 e. The van der Waals surface area contributed by atoms with Gasteiger partial charge in [0.05, 0.1) is 39.1 Å². The Morgan fingerprint density at radius 2 is 0.779 bits per heavy atom. The summed E-state index contributed by atoms with van der Waals surface area (Å²) in [6, 6.07) is -0.883. The van der Waals surface area contributed by atoms with Crippen LogP contribution >= 0.6 is 0 Å². The molecule has 0 saturated carbocycles. The van der Waals surface area contributed by atoms with Gasteiger partial charge in [-0.05, 0) is 90.1 Å². The Kier molecular flexibility index (Phi) is 56.1. The summed E-state index contributed by atoms with van der Waals surface area (Å²) < 4.78 is 22.5. The highest BCUT2D eigenvalue weighted by Crippen LogP contribution is 2.19. The SMILES string of the molecule is CCCCCCCCCCCOC(=O)CCCCCN(CCCCCCCC(=O)OC(CCCCCCCC)CCCCCCCC)CC(O)CCCCNC(=O)NCCOCCNC(=O)NCCOCCNC(=O)NC. The van der Waals surface area contributed by atoms with Gasteiger partial charge in [-0.1, -0.05) is 162 Å². The Morgan fingerprint density at radius 1 is 0.403 bits per heavy atom. The van der Waals surface area contributed by atoms with Crippen LogP contribution in [0, 0.1) is 0 Å². The molecule has 0 spiro atoms. The molecule has 0 aromatic heterocycles. The molecule has 0 aromatic carbocycles. The van der Waals surface area contributed by atoms with Gasteiger partial charge in [0.15, 0.2) is 0 Å². The number of carbonyl (C=O) groups excluding carboxylic acids is 5. The molecule has 0 radical (unpaired) electrons. The van der Waals surface area contributed by atoms with Crippen LogP contribution in [0.25, 0.3) is 0 Å². The predicted molar refractivity (Wildman–Crippen MR) is 313 cm³/mol. The third kappa shape index (κ3) is 55.7. The second-order valence-electron chi connectivity index (χ2n) is 21.1. The summed E-state index contributed by atoms with van der Waals surface area (Å²) in [4.78, 5) is 63.0. The van der Waals surface area contributed by atoms with Crippen molar-refractivity contribution in [1.82, 2.24) is 36.8 Å². The fourth-order valence-corrected chi connectivity index (χ4v) is 9.15. The van der Waals surface area contributed by atoms with Gasteiger partial charge in [0, 0.05) is 59.2 Å². The van der Waals surface area contributed by atoms with Crippen LogP contribution in [0.15, 0.2) is 0 Å². The van der Waals surface area contributed by atoms with E-state index in [1.807, 2.05) is 0 Å². The van der Waals surface area contributed by atoms with Gasteiger partial charge < -0.3 is 60.9 Å². The first kappa shape index (κ1) is 73.6. The maximum atomic E-state index is 13.0. The number of amides is 6. The molecule has 1 unspecified atom stereocenters. The van der Waals surface area contributed by atoms with Gasteiger partial charge in [0.1, 0.15) is 6.10 Å². The number of unbranched alkanes of at least 4 members (excludes halogenated alkanes) is 25. The second-order valence-corrected chi connectivity index (χ2v) is 21.1. The van der Waals surface area contributed by atoms with E-state index in [0.717, 1.165) is 116 Å². The van der Waals surface area contributed by atoms with Crippen LogP contribution in [0.1, 0.15) is 252 Å². The first-order valence-electron chi connectivity index (χ1n) is 31.5. The topological polar surface area (TPSA) is 218 Å². The average molecular weight is 1100 g/mol. The molecule has 0 bridgehead atoms. The monoisotopic (exact) mass is 1100 g/mol. The number of ether oxygens (including phenoxy) is 4. The minimum atomic E-state index is -0.474. The van der Waals surface area contributed by atoms with E-state index in [0.29, 0.717) is 91.6 Å². The number of rotatable bonds is 58. The molecule has 6 amide bonds. The Bertz CT molecular complexity index is 1340. The molecule has 0 heterocycles. The molecule has 454 valence electrons. The highest BCUT2D eigenvalue weighted by molar-refractivity contribution is 5.74. The average Bonchev–Trinajstić information content (AvgIpc) is 3.41. The van der Waals surface area contributed by atoms with Crippen LogP contribution in [-0.2, 0) is 28.5 Å². The molecule has 0 aliphatic carbocycles. The lowest BCUT2D eigenvalue weighted by atomic mass is 10.0. The van der Waals surface area contributed by atoms with Crippen molar-refractivity contribution < 1.29 is 48.0 Å². The number of aliphatic hydroxyl groups is 1. The number of nitrogens with zero attached hydrogens (tertiary/aromatic N) is 1. The fraction of sp³-hybridized carbons (Fsp3) is 0.917. The van der Waals surface area contributed by atoms with Crippen molar-refractivity contribution in [1.29, 1.82) is 0 Å². The Labute approximate surface area is 469 Å². The minimum Gasteiger partial charge on any atom is -0.466 e. The summed E-state index contributed by atoms with van der Waals surface area (Å²) in [5, 5.41) is 27.2. The maximum absolute atomic E-state index is 13.0. The third-order valence-electron chi connectivity index (χ3n) is 13.9. The molecule has 17 heteroatoms. The van der Waals surface area contributed by atoms with Gasteiger partial charge in [-0.2, -0.15) is 0 Å². The molecule has 0 fully saturated rings. The number of nitrogens with one attached hydrogen (secondary N) is 6. The third-order valence-corrected chi connectivity index (χ3v) is 13.9. The summed E-state index contributed by atoms with van der Waals surface area (Å²) in [6.45, 7) is 12.7. The van der Waals surface area contributed by atoms with Gasteiger partial charge in [-0.25, -0.2) is 14.4 Å². The van der Waals surface area contributed by atoms with Gasteiger partial charge in [-0.15, -0.1) is 0 Å². The molecule has 0 aliphatic heterocycles. The highest BCUT2D eigenvalue weighted by atomic mass is 16.5. The van der Waals surface area contributed by atoms with Gasteiger partial charge in [-0.3, -0.25) is 9.59 Å². The number of urea groups is 3. The van der Waals surface area contributed by atoms with E-state index in [4.69, 9.17) is 18.9 Å². The molecule has 1 atom stereocenters. The first-order valence-corrected chi connectivity index (χ1v) is 31.5. The van der Waals surface area contributed by atoms with Crippen LogP contribution in [-0.4, -0.2) is 145 Å². The van der Waals surface area contributed by atoms with E-state index in [-0.39, 0.29) is 36.1 Å². The zero-order valence-electron chi connectivity index (χ0n) is 49.9. The number of hydrogen-bond acceptors (Lipinski definition) is 11. The van der Waals surface area contributed by atoms with E-state index in [9.17, 15) is 29.1 Å². The predicted octanol–water partition coefficient (Wildman–Crippen LogP) is 11.8. The Balaban J connectivity index is 4.61. The van der Waals surface area contributed by atoms with Crippen molar-refractivity contribution >= 4 is 30.0 Å². The zero-order chi connectivity index (χ0) is 56.3. The molecule has 17 nitrogen and oxygen atoms in total. The largest absolute Gasteiger partial charge is 0.466 e. The van der Waals surface area contributed by atoms with E-state index < -0.39 is 6.10 Å². The summed E-state index contributed by atoms with van der Waals surface area (Å²) in [7, 11) is 1.54. The number of esters is 2. The molecular weight excluding hydrogens is 979 g/mol. The normalized spacial score (nSPS) is 11.7. The lowest BCUT2D eigenvalue weighted by Gasteiger charge is -2.25. The summed E-state index contributed by atoms with van der Waals surface area (Å²) >= 11 is 0. The number of hydrogen-bond donors (Lipinski definition) is 7. The van der Waals surface area contributed by atoms with Crippen LogP contribution in [0.2, 0.25) is 0 Å². The molecule has 0 aliphatic rings. The van der Waals surface area contributed by atoms with E-state index in [1.54, 1.807) is 0 Å². The van der Waals surface area contributed by atoms with Gasteiger partial charge >= 0.3 is 30.0 Å². The molecule has 0 rings (SSSR count). The fourth-order valence-electron chi connectivity index (χ4n) is 9.15. The van der Waals surface area contributed by atoms with E-state index in [1.165, 1.54) is 116 Å². The molecule has 7 N–H and O–H groups in total. The lowest BCUT2D eigenvalue weighted by Crippen LogP contribution is -2.40. The Hall–Kier alpha value is -3.41. The number of aliphatic hydroxyl groups excluding tert-OH is 1. The summed E-state index contributed by atoms with van der Waals surface area (Å²) in [5.41, 5.74) is 0. The van der Waals surface area contributed by atoms with Crippen LogP contribution in [0.3, 0.4) is 0 Å². The van der Waals surface area contributed by atoms with E-state index in [2.05, 4.69) is 57.6 Å². The van der Waals surface area contributed by atoms with Gasteiger partial charge in [0.2, 0.25) is 0 Å². The van der Waals surface area contributed by atoms with E-state index >= 15 is 0 Å². The molecule has 0 aromatic rings. The van der Waals surface area contributed by atoms with Crippen LogP contribution in [0.4, 0.5) is 14.4 Å². The van der Waals surface area contributed by atoms with Crippen LogP contribution < -0.4 is 31.9 Å². The molecular formula is C60H119N7O10.